The summed E-state index contributed by atoms with van der Waals surface area (Å²) >= 11 is 14.4. The van der Waals surface area contributed by atoms with Crippen molar-refractivity contribution in [3.63, 3.8) is 0 Å². The van der Waals surface area contributed by atoms with E-state index in [0.717, 1.165) is 29.2 Å². The molecule has 2 aromatic heterocycles. The van der Waals surface area contributed by atoms with Gasteiger partial charge < -0.3 is 69.6 Å². The summed E-state index contributed by atoms with van der Waals surface area (Å²) in [6.45, 7) is -0.469. The molecule has 12 atom stereocenters. The number of nitrogens with two attached hydrogens (primary N) is 1. The van der Waals surface area contributed by atoms with Crippen molar-refractivity contribution in [3.05, 3.63) is 38.2 Å². The fourth-order valence-electron chi connectivity index (χ4n) is 4.91. The van der Waals surface area contributed by atoms with Crippen LogP contribution in [0.4, 0.5) is 23.4 Å². The summed E-state index contributed by atoms with van der Waals surface area (Å²) in [5, 5.41) is 20.9. The number of rotatable bonds is 16. The monoisotopic (exact) mass is 1080 g/mol. The smallest absolute Gasteiger partial charge is 0.382 e. The number of phosphoric acid groups is 6. The molecule has 0 aliphatic carbocycles. The number of phosphoric ester groups is 2. The predicted molar refractivity (Wildman–Crippen MR) is 196 cm³/mol. The Balaban J connectivity index is 0.000000330. The number of hydrogen-bond donors (Lipinski definition) is 12. The molecular formula is C20H31F4N5O24P6S3. The molecule has 0 bridgehead atoms. The molecule has 2 aliphatic heterocycles. The van der Waals surface area contributed by atoms with Crippen molar-refractivity contribution in [1.82, 2.24) is 19.1 Å². The van der Waals surface area contributed by atoms with Gasteiger partial charge in [-0.2, -0.15) is 22.2 Å². The lowest BCUT2D eigenvalue weighted by Crippen LogP contribution is -2.42. The maximum Gasteiger partial charge on any atom is 0.490 e. The number of nitrogens with zero attached hydrogens (tertiary/aromatic N) is 3. The first-order valence-corrected chi connectivity index (χ1v) is 25.6. The quantitative estimate of drug-likeness (QED) is 0.0652. The van der Waals surface area contributed by atoms with Crippen molar-refractivity contribution in [2.45, 2.75) is 62.1 Å². The Kier molecular flexibility index (Phi) is 17.6. The molecule has 4 heterocycles. The molecule has 0 radical (unpaired) electrons. The van der Waals surface area contributed by atoms with Crippen LogP contribution in [0, 0.1) is 25.8 Å². The van der Waals surface area contributed by atoms with Gasteiger partial charge in [0.25, 0.3) is 0 Å². The Bertz CT molecular complexity index is 2490. The topological polar surface area (TPSA) is 443 Å². The van der Waals surface area contributed by atoms with Gasteiger partial charge >= 0.3 is 46.9 Å². The number of nitrogen functional groups attached to an aromatic ring is 1. The van der Waals surface area contributed by atoms with E-state index in [2.05, 4.69) is 48.5 Å². The van der Waals surface area contributed by atoms with Gasteiger partial charge in [0.2, 0.25) is 4.77 Å². The maximum absolute atomic E-state index is 14.7. The van der Waals surface area contributed by atoms with Crippen LogP contribution in [0.25, 0.3) is 0 Å². The van der Waals surface area contributed by atoms with Crippen LogP contribution in [0.15, 0.2) is 12.4 Å². The van der Waals surface area contributed by atoms with Crippen LogP contribution in [-0.2, 0) is 63.2 Å². The lowest BCUT2D eigenvalue weighted by molar-refractivity contribution is -0.0924. The molecular weight excluding hydrogens is 1050 g/mol. The Labute approximate surface area is 356 Å². The number of hydrogen-bond acceptors (Lipinski definition) is 21. The van der Waals surface area contributed by atoms with Crippen molar-refractivity contribution in [2.75, 3.05) is 18.9 Å². The van der Waals surface area contributed by atoms with Crippen LogP contribution in [0.2, 0.25) is 0 Å². The van der Waals surface area contributed by atoms with Gasteiger partial charge in [0.1, 0.15) is 28.1 Å². The zero-order valence-electron chi connectivity index (χ0n) is 30.1. The number of ether oxygens (including phenoxy) is 2. The molecule has 0 aromatic carbocycles. The standard InChI is InChI=1S/C10H16F2N3O12P3S.C10H15F2N2O12P3S2/c1-10(16)6(12)5(25-8(10)15-2-4(11)7(13)14-9(15)31)3-24-29(20,21)27-30(22,23)26-28(17,18)19;1-10(15)6(12)5(24-8(10)14-2-4(11)7(30)13-9(14)31)3-23-28(19,20)26-29(21,22)25-27(16,17)18/h2,5-6,8,16H,3H2,1H3,(H,20,21)(H,22,23)(H2,13,14,31)(H2,17,18,19);2,5-6,8,15H,3H2,1H3,(H,19,20)(H,21,22)(H,13,30,31)(H2,16,17,18)/t2*5-,6+,8-,10?/m11/s1. The van der Waals surface area contributed by atoms with Crippen molar-refractivity contribution in [1.29, 1.82) is 0 Å². The minimum Gasteiger partial charge on any atom is -0.382 e. The van der Waals surface area contributed by atoms with E-state index in [9.17, 15) is 65.0 Å². The van der Waals surface area contributed by atoms with Crippen LogP contribution in [0.1, 0.15) is 26.3 Å². The molecule has 2 fully saturated rings. The van der Waals surface area contributed by atoms with Gasteiger partial charge in [0.05, 0.1) is 13.2 Å². The first-order chi connectivity index (χ1) is 27.7. The Hall–Kier alpha value is -1.00. The molecule has 0 saturated carbocycles. The molecule has 2 saturated heterocycles. The van der Waals surface area contributed by atoms with Crippen molar-refractivity contribution in [2.24, 2.45) is 0 Å². The third-order valence-electron chi connectivity index (χ3n) is 7.38. The van der Waals surface area contributed by atoms with Crippen molar-refractivity contribution in [3.8, 4) is 0 Å². The van der Waals surface area contributed by atoms with Crippen molar-refractivity contribution < 1.29 is 130 Å². The molecule has 356 valence electrons. The van der Waals surface area contributed by atoms with Gasteiger partial charge in [-0.25, -0.2) is 45.0 Å². The van der Waals surface area contributed by atoms with E-state index in [1.165, 1.54) is 0 Å². The summed E-state index contributed by atoms with van der Waals surface area (Å²) in [4.78, 5) is 76.6. The summed E-state index contributed by atoms with van der Waals surface area (Å²) in [7, 11) is -33.9. The van der Waals surface area contributed by atoms with E-state index in [-0.39, 0.29) is 9.41 Å². The molecule has 0 amide bonds. The minimum absolute atomic E-state index is 0.252. The van der Waals surface area contributed by atoms with Gasteiger partial charge in [-0.05, 0) is 38.3 Å². The van der Waals surface area contributed by atoms with Crippen LogP contribution < -0.4 is 5.73 Å². The fourth-order valence-corrected chi connectivity index (χ4v) is 11.7. The van der Waals surface area contributed by atoms with Crippen LogP contribution in [-0.4, -0.2) is 117 Å². The van der Waals surface area contributed by atoms with Gasteiger partial charge in [0.15, 0.2) is 47.0 Å². The van der Waals surface area contributed by atoms with Gasteiger partial charge in [-0.3, -0.25) is 18.2 Å². The van der Waals surface area contributed by atoms with E-state index < -0.39 is 131 Å². The summed E-state index contributed by atoms with van der Waals surface area (Å²) in [6, 6.07) is 0. The number of alkyl halides is 2. The first-order valence-electron chi connectivity index (χ1n) is 15.3. The fraction of sp³-hybridized carbons (Fsp3) is 0.600. The average Bonchev–Trinajstić information content (AvgIpc) is 3.41. The lowest BCUT2D eigenvalue weighted by Gasteiger charge is -2.27. The summed E-state index contributed by atoms with van der Waals surface area (Å²) in [5.41, 5.74) is 0.490. The predicted octanol–water partition coefficient (Wildman–Crippen LogP) is 2.41. The first kappa shape index (κ1) is 55.3. The van der Waals surface area contributed by atoms with Gasteiger partial charge in [-0.1, -0.05) is 12.2 Å². The van der Waals surface area contributed by atoms with Crippen LogP contribution in [0.3, 0.4) is 0 Å². The highest BCUT2D eigenvalue weighted by Gasteiger charge is 2.57. The van der Waals surface area contributed by atoms with E-state index in [4.69, 9.17) is 69.0 Å². The molecule has 13 N–H and O–H groups in total. The molecule has 42 heteroatoms. The van der Waals surface area contributed by atoms with Crippen LogP contribution >= 0.6 is 83.6 Å². The number of aromatic nitrogens is 4. The second-order valence-electron chi connectivity index (χ2n) is 12.4. The molecule has 62 heavy (non-hydrogen) atoms. The molecule has 29 nitrogen and oxygen atoms in total. The molecule has 4 rings (SSSR count). The number of halogens is 4. The van der Waals surface area contributed by atoms with Gasteiger partial charge in [0, 0.05) is 12.4 Å². The average molecular weight is 1080 g/mol. The zero-order chi connectivity index (χ0) is 48.0. The van der Waals surface area contributed by atoms with Gasteiger partial charge in [-0.15, -0.1) is 0 Å². The molecule has 0 spiro atoms. The maximum atomic E-state index is 14.7. The summed E-state index contributed by atoms with van der Waals surface area (Å²) in [5.74, 6) is -2.62. The third kappa shape index (κ3) is 15.0. The van der Waals surface area contributed by atoms with Crippen molar-refractivity contribution >= 4 is 89.4 Å². The summed E-state index contributed by atoms with van der Waals surface area (Å²) < 4.78 is 158. The third-order valence-corrected chi connectivity index (χ3v) is 15.9. The Morgan fingerprint density at radius 2 is 1.08 bits per heavy atom. The molecule has 6 unspecified atom stereocenters. The molecule has 2 aromatic rings. The van der Waals surface area contributed by atoms with Crippen LogP contribution in [0.5, 0.6) is 0 Å². The van der Waals surface area contributed by atoms with E-state index in [0.29, 0.717) is 6.20 Å². The Morgan fingerprint density at radius 3 is 1.47 bits per heavy atom. The highest BCUT2D eigenvalue weighted by atomic mass is 32.1. The highest BCUT2D eigenvalue weighted by molar-refractivity contribution is 7.72. The van der Waals surface area contributed by atoms with E-state index in [1.807, 2.05) is 0 Å². The lowest BCUT2D eigenvalue weighted by atomic mass is 9.98. The van der Waals surface area contributed by atoms with E-state index >= 15 is 0 Å². The second kappa shape index (κ2) is 19.7. The number of H-pyrrole nitrogens is 1. The summed E-state index contributed by atoms with van der Waals surface area (Å²) in [6.07, 6.45) is -10.2. The van der Waals surface area contributed by atoms with E-state index in [1.54, 1.807) is 0 Å². The number of nitrogens with one attached hydrogen (secondary N) is 1. The second-order valence-corrected chi connectivity index (χ2v) is 22.4. The number of anilines is 1. The number of aliphatic hydroxyl groups is 2. The largest absolute Gasteiger partial charge is 0.490 e. The SMILES string of the molecule is CC1(O)[C@@H](F)[C@@H](COP(=O)(O)OP(=O)(O)OP(=O)(O)O)O[C@H]1n1cc(F)c(=S)[nH]c1=S.CC1(O)[C@@H](F)[C@@H](COP(=O)(O)OP(=O)(O)OP(=O)(O)O)O[C@H]1n1cc(F)c(N)nc1=S. The Morgan fingerprint density at radius 1 is 0.710 bits per heavy atom. The zero-order valence-corrected chi connectivity index (χ0v) is 37.9. The minimum atomic E-state index is -5.78. The molecule has 2 aliphatic rings. The number of aromatic amines is 1. The highest BCUT2D eigenvalue weighted by Crippen LogP contribution is 2.67. The normalized spacial score (nSPS) is 30.6.